The molecule has 1 aromatic carbocycles. The Hall–Kier alpha value is -2.16. The fourth-order valence-electron chi connectivity index (χ4n) is 4.74. The molecule has 29 heavy (non-hydrogen) atoms. The quantitative estimate of drug-likeness (QED) is 0.586. The molecule has 6 nitrogen and oxygen atoms in total. The first kappa shape index (κ1) is 21.5. The first-order valence-corrected chi connectivity index (χ1v) is 10.0. The predicted octanol–water partition coefficient (Wildman–Crippen LogP) is 3.93. The molecule has 1 heterocycles. The lowest BCUT2D eigenvalue weighted by Gasteiger charge is -2.41. The van der Waals surface area contributed by atoms with E-state index >= 15 is 0 Å². The number of alkyl halides is 3. The number of halogens is 3. The SMILES string of the molecule is CN(C(=O)Cc1ccc([N+](=O)[O-])cc1C(F)(F)F)C1CCCCC1C1CCCN1. The molecule has 0 spiro atoms. The Labute approximate surface area is 167 Å². The van der Waals surface area contributed by atoms with Crippen LogP contribution >= 0.6 is 0 Å². The fourth-order valence-corrected chi connectivity index (χ4v) is 4.74. The normalized spacial score (nSPS) is 25.0. The van der Waals surface area contributed by atoms with Crippen molar-refractivity contribution in [3.8, 4) is 0 Å². The zero-order valence-corrected chi connectivity index (χ0v) is 16.4. The van der Waals surface area contributed by atoms with Crippen molar-refractivity contribution < 1.29 is 22.9 Å². The molecular weight excluding hydrogens is 387 g/mol. The highest BCUT2D eigenvalue weighted by atomic mass is 19.4. The average Bonchev–Trinajstić information content (AvgIpc) is 3.21. The lowest BCUT2D eigenvalue weighted by atomic mass is 9.78. The highest BCUT2D eigenvalue weighted by Gasteiger charge is 2.38. The van der Waals surface area contributed by atoms with Gasteiger partial charge in [0, 0.05) is 31.3 Å². The van der Waals surface area contributed by atoms with E-state index in [0.29, 0.717) is 18.0 Å². The zero-order valence-electron chi connectivity index (χ0n) is 16.4. The van der Waals surface area contributed by atoms with Crippen molar-refractivity contribution in [2.75, 3.05) is 13.6 Å². The van der Waals surface area contributed by atoms with Gasteiger partial charge in [0.25, 0.3) is 5.69 Å². The van der Waals surface area contributed by atoms with Crippen LogP contribution in [0.2, 0.25) is 0 Å². The summed E-state index contributed by atoms with van der Waals surface area (Å²) in [4.78, 5) is 24.5. The number of non-ortho nitro benzene ring substituents is 1. The van der Waals surface area contributed by atoms with Crippen LogP contribution in [0.5, 0.6) is 0 Å². The maximum atomic E-state index is 13.4. The topological polar surface area (TPSA) is 75.5 Å². The third-order valence-electron chi connectivity index (χ3n) is 6.24. The second-order valence-corrected chi connectivity index (χ2v) is 8.00. The Balaban J connectivity index is 1.79. The smallest absolute Gasteiger partial charge is 0.342 e. The highest BCUT2D eigenvalue weighted by Crippen LogP contribution is 2.36. The van der Waals surface area contributed by atoms with Crippen LogP contribution in [-0.2, 0) is 17.4 Å². The molecular formula is C20H26F3N3O3. The fraction of sp³-hybridized carbons (Fsp3) is 0.650. The minimum Gasteiger partial charge on any atom is -0.342 e. The van der Waals surface area contributed by atoms with Crippen molar-refractivity contribution in [2.24, 2.45) is 5.92 Å². The number of benzene rings is 1. The van der Waals surface area contributed by atoms with Gasteiger partial charge in [-0.25, -0.2) is 0 Å². The van der Waals surface area contributed by atoms with E-state index < -0.39 is 28.8 Å². The molecule has 160 valence electrons. The summed E-state index contributed by atoms with van der Waals surface area (Å²) >= 11 is 0. The van der Waals surface area contributed by atoms with E-state index in [2.05, 4.69) is 5.32 Å². The number of rotatable bonds is 5. The maximum absolute atomic E-state index is 13.4. The van der Waals surface area contributed by atoms with Gasteiger partial charge in [-0.2, -0.15) is 13.2 Å². The number of carbonyl (C=O) groups is 1. The van der Waals surface area contributed by atoms with E-state index in [9.17, 15) is 28.1 Å². The molecule has 9 heteroatoms. The molecule has 1 aliphatic carbocycles. The lowest BCUT2D eigenvalue weighted by Crippen LogP contribution is -2.50. The molecule has 3 unspecified atom stereocenters. The first-order chi connectivity index (χ1) is 13.7. The van der Waals surface area contributed by atoms with Gasteiger partial charge in [0.2, 0.25) is 5.91 Å². The summed E-state index contributed by atoms with van der Waals surface area (Å²) in [5, 5.41) is 14.3. The second kappa shape index (κ2) is 8.69. The van der Waals surface area contributed by atoms with Gasteiger partial charge < -0.3 is 10.2 Å². The zero-order chi connectivity index (χ0) is 21.2. The van der Waals surface area contributed by atoms with Crippen LogP contribution in [0.3, 0.4) is 0 Å². The summed E-state index contributed by atoms with van der Waals surface area (Å²) in [5.74, 6) is -0.0848. The maximum Gasteiger partial charge on any atom is 0.416 e. The predicted molar refractivity (Wildman–Crippen MR) is 101 cm³/mol. The Morgan fingerprint density at radius 3 is 2.59 bits per heavy atom. The molecule has 1 aliphatic heterocycles. The summed E-state index contributed by atoms with van der Waals surface area (Å²) < 4.78 is 40.2. The molecule has 3 rings (SSSR count). The van der Waals surface area contributed by atoms with Crippen molar-refractivity contribution in [3.05, 3.63) is 39.4 Å². The number of hydrogen-bond acceptors (Lipinski definition) is 4. The minimum absolute atomic E-state index is 0.000708. The van der Waals surface area contributed by atoms with E-state index in [4.69, 9.17) is 0 Å². The molecule has 1 amide bonds. The summed E-state index contributed by atoms with van der Waals surface area (Å²) in [6.07, 6.45) is 0.917. The number of hydrogen-bond donors (Lipinski definition) is 1. The number of nitro groups is 1. The first-order valence-electron chi connectivity index (χ1n) is 10.0. The van der Waals surface area contributed by atoms with Crippen molar-refractivity contribution in [3.63, 3.8) is 0 Å². The Bertz CT molecular complexity index is 763. The van der Waals surface area contributed by atoms with E-state index in [1.165, 1.54) is 0 Å². The molecule has 1 N–H and O–H groups in total. The highest BCUT2D eigenvalue weighted by molar-refractivity contribution is 5.79. The summed E-state index contributed by atoms with van der Waals surface area (Å²) in [6.45, 7) is 0.962. The van der Waals surface area contributed by atoms with Crippen LogP contribution in [0, 0.1) is 16.0 Å². The molecule has 3 atom stereocenters. The number of carbonyl (C=O) groups excluding carboxylic acids is 1. The molecule has 1 aromatic rings. The Kier molecular flexibility index (Phi) is 6.45. The van der Waals surface area contributed by atoms with Crippen LogP contribution in [0.15, 0.2) is 18.2 Å². The molecule has 1 saturated heterocycles. The van der Waals surface area contributed by atoms with Gasteiger partial charge in [-0.15, -0.1) is 0 Å². The second-order valence-electron chi connectivity index (χ2n) is 8.00. The summed E-state index contributed by atoms with van der Waals surface area (Å²) in [5.41, 5.74) is -1.99. The summed E-state index contributed by atoms with van der Waals surface area (Å²) in [6, 6.07) is 2.92. The van der Waals surface area contributed by atoms with Gasteiger partial charge in [0.05, 0.1) is 16.9 Å². The van der Waals surface area contributed by atoms with Gasteiger partial charge in [0.1, 0.15) is 0 Å². The van der Waals surface area contributed by atoms with E-state index in [-0.39, 0.29) is 17.5 Å². The Morgan fingerprint density at radius 1 is 1.24 bits per heavy atom. The Morgan fingerprint density at radius 2 is 1.97 bits per heavy atom. The van der Waals surface area contributed by atoms with Crippen LogP contribution < -0.4 is 5.32 Å². The van der Waals surface area contributed by atoms with Crippen molar-refractivity contribution in [1.82, 2.24) is 10.2 Å². The van der Waals surface area contributed by atoms with Crippen molar-refractivity contribution >= 4 is 11.6 Å². The van der Waals surface area contributed by atoms with Crippen LogP contribution in [0.4, 0.5) is 18.9 Å². The number of nitrogens with one attached hydrogen (secondary N) is 1. The molecule has 0 aromatic heterocycles. The van der Waals surface area contributed by atoms with Gasteiger partial charge in [-0.3, -0.25) is 14.9 Å². The average molecular weight is 413 g/mol. The van der Waals surface area contributed by atoms with Crippen LogP contribution in [-0.4, -0.2) is 41.4 Å². The number of nitrogens with zero attached hydrogens (tertiary/aromatic N) is 2. The number of amides is 1. The standard InChI is InChI=1S/C20H26F3N3O3/c1-25(18-7-3-2-5-15(18)17-6-4-10-24-17)19(27)11-13-8-9-14(26(28)29)12-16(13)20(21,22)23/h8-9,12,15,17-18,24H,2-7,10-11H2,1H3. The number of likely N-dealkylation sites (N-methyl/N-ethyl adjacent to an activating group) is 1. The van der Waals surface area contributed by atoms with Crippen LogP contribution in [0.1, 0.15) is 49.7 Å². The third kappa shape index (κ3) is 4.88. The molecule has 0 bridgehead atoms. The third-order valence-corrected chi connectivity index (χ3v) is 6.24. The number of nitro benzene ring substituents is 1. The summed E-state index contributed by atoms with van der Waals surface area (Å²) in [7, 11) is 1.67. The van der Waals surface area contributed by atoms with Gasteiger partial charge in [-0.1, -0.05) is 18.9 Å². The van der Waals surface area contributed by atoms with Crippen LogP contribution in [0.25, 0.3) is 0 Å². The molecule has 2 fully saturated rings. The van der Waals surface area contributed by atoms with E-state index in [1.807, 2.05) is 0 Å². The van der Waals surface area contributed by atoms with Crippen molar-refractivity contribution in [1.29, 1.82) is 0 Å². The molecule has 2 aliphatic rings. The van der Waals surface area contributed by atoms with Crippen molar-refractivity contribution in [2.45, 2.75) is 63.2 Å². The molecule has 1 saturated carbocycles. The monoisotopic (exact) mass is 413 g/mol. The lowest BCUT2D eigenvalue weighted by molar-refractivity contribution is -0.385. The van der Waals surface area contributed by atoms with Gasteiger partial charge in [0.15, 0.2) is 0 Å². The largest absolute Gasteiger partial charge is 0.416 e. The van der Waals surface area contributed by atoms with E-state index in [0.717, 1.165) is 57.2 Å². The van der Waals surface area contributed by atoms with Gasteiger partial charge in [-0.05, 0) is 43.7 Å². The minimum atomic E-state index is -4.76. The molecule has 0 radical (unpaired) electrons. The van der Waals surface area contributed by atoms with E-state index in [1.54, 1.807) is 11.9 Å². The van der Waals surface area contributed by atoms with Gasteiger partial charge >= 0.3 is 6.18 Å².